The second-order valence-corrected chi connectivity index (χ2v) is 5.82. The van der Waals surface area contributed by atoms with E-state index in [1.165, 1.54) is 6.07 Å². The van der Waals surface area contributed by atoms with E-state index in [1.54, 1.807) is 13.0 Å². The molecule has 5 nitrogen and oxygen atoms in total. The highest BCUT2D eigenvalue weighted by atomic mass is 16.5. The van der Waals surface area contributed by atoms with Crippen molar-refractivity contribution in [2.24, 2.45) is 0 Å². The van der Waals surface area contributed by atoms with E-state index in [2.05, 4.69) is 10.3 Å². The van der Waals surface area contributed by atoms with Gasteiger partial charge in [0.25, 0.3) is 11.5 Å². The first-order valence-electron chi connectivity index (χ1n) is 8.24. The van der Waals surface area contributed by atoms with Crippen LogP contribution in [0.1, 0.15) is 22.5 Å². The van der Waals surface area contributed by atoms with Crippen LogP contribution in [0, 0.1) is 6.92 Å². The van der Waals surface area contributed by atoms with Crippen molar-refractivity contribution in [2.45, 2.75) is 13.3 Å². The molecule has 2 N–H and O–H groups in total. The van der Waals surface area contributed by atoms with E-state index in [9.17, 15) is 9.59 Å². The van der Waals surface area contributed by atoms with Gasteiger partial charge in [-0.25, -0.2) is 0 Å². The first-order valence-corrected chi connectivity index (χ1v) is 8.24. The zero-order valence-corrected chi connectivity index (χ0v) is 14.0. The number of benzene rings is 2. The molecule has 5 heteroatoms. The van der Waals surface area contributed by atoms with Gasteiger partial charge in [-0.3, -0.25) is 9.59 Å². The summed E-state index contributed by atoms with van der Waals surface area (Å²) in [4.78, 5) is 26.4. The molecule has 0 radical (unpaired) electrons. The lowest BCUT2D eigenvalue weighted by Gasteiger charge is -2.10. The number of carbonyl (C=O) groups excluding carboxylic acids is 1. The smallest absolute Gasteiger partial charge is 0.260 e. The van der Waals surface area contributed by atoms with Gasteiger partial charge < -0.3 is 15.0 Å². The number of ether oxygens (including phenoxy) is 1. The Morgan fingerprint density at radius 3 is 2.72 bits per heavy atom. The number of hydrogen-bond donors (Lipinski definition) is 2. The van der Waals surface area contributed by atoms with Crippen molar-refractivity contribution in [1.82, 2.24) is 10.3 Å². The summed E-state index contributed by atoms with van der Waals surface area (Å²) in [5.41, 5.74) is 0.482. The van der Waals surface area contributed by atoms with E-state index in [1.807, 2.05) is 42.5 Å². The van der Waals surface area contributed by atoms with Gasteiger partial charge in [-0.05, 0) is 36.9 Å². The van der Waals surface area contributed by atoms with E-state index in [4.69, 9.17) is 4.74 Å². The fraction of sp³-hybridized carbons (Fsp3) is 0.200. The SMILES string of the molecule is Cc1ccc(C(=O)NCCCOc2cccc3ccccc23)c(=O)[nH]1. The van der Waals surface area contributed by atoms with Crippen molar-refractivity contribution in [3.63, 3.8) is 0 Å². The Kier molecular flexibility index (Phi) is 5.14. The molecule has 3 aromatic rings. The molecule has 0 saturated carbocycles. The normalized spacial score (nSPS) is 10.6. The van der Waals surface area contributed by atoms with Gasteiger partial charge in [-0.2, -0.15) is 0 Å². The third-order valence-electron chi connectivity index (χ3n) is 3.91. The maximum Gasteiger partial charge on any atom is 0.260 e. The number of pyridine rings is 1. The topological polar surface area (TPSA) is 71.2 Å². The summed E-state index contributed by atoms with van der Waals surface area (Å²) in [6, 6.07) is 17.2. The van der Waals surface area contributed by atoms with E-state index in [-0.39, 0.29) is 17.0 Å². The summed E-state index contributed by atoms with van der Waals surface area (Å²) in [7, 11) is 0. The fourth-order valence-electron chi connectivity index (χ4n) is 2.62. The Balaban J connectivity index is 1.50. The van der Waals surface area contributed by atoms with Crippen molar-refractivity contribution in [1.29, 1.82) is 0 Å². The molecule has 3 rings (SSSR count). The van der Waals surface area contributed by atoms with Gasteiger partial charge in [0, 0.05) is 17.6 Å². The molecule has 1 heterocycles. The maximum absolute atomic E-state index is 12.0. The highest BCUT2D eigenvalue weighted by molar-refractivity contribution is 5.93. The lowest BCUT2D eigenvalue weighted by atomic mass is 10.1. The Bertz CT molecular complexity index is 942. The molecule has 0 atom stereocenters. The number of nitrogens with one attached hydrogen (secondary N) is 2. The molecule has 0 aliphatic carbocycles. The predicted octanol–water partition coefficient (Wildman–Crippen LogP) is 3.04. The van der Waals surface area contributed by atoms with Crippen molar-refractivity contribution >= 4 is 16.7 Å². The van der Waals surface area contributed by atoms with E-state index < -0.39 is 0 Å². The van der Waals surface area contributed by atoms with Crippen LogP contribution in [0.25, 0.3) is 10.8 Å². The zero-order chi connectivity index (χ0) is 17.6. The van der Waals surface area contributed by atoms with Gasteiger partial charge in [0.2, 0.25) is 0 Å². The Morgan fingerprint density at radius 2 is 1.88 bits per heavy atom. The minimum atomic E-state index is -0.371. The molecule has 0 fully saturated rings. The molecular formula is C20H20N2O3. The van der Waals surface area contributed by atoms with Crippen molar-refractivity contribution < 1.29 is 9.53 Å². The molecule has 0 unspecified atom stereocenters. The molecule has 25 heavy (non-hydrogen) atoms. The van der Waals surface area contributed by atoms with Crippen LogP contribution in [0.15, 0.2) is 59.4 Å². The van der Waals surface area contributed by atoms with E-state index in [0.717, 1.165) is 22.2 Å². The fourth-order valence-corrected chi connectivity index (χ4v) is 2.62. The molecular weight excluding hydrogens is 316 g/mol. The number of aryl methyl sites for hydroxylation is 1. The predicted molar refractivity (Wildman–Crippen MR) is 98.2 cm³/mol. The number of aromatic amines is 1. The van der Waals surface area contributed by atoms with Gasteiger partial charge in [0.1, 0.15) is 11.3 Å². The number of carbonyl (C=O) groups is 1. The second-order valence-electron chi connectivity index (χ2n) is 5.82. The van der Waals surface area contributed by atoms with Gasteiger partial charge in [-0.15, -0.1) is 0 Å². The first-order chi connectivity index (χ1) is 12.1. The van der Waals surface area contributed by atoms with Gasteiger partial charge in [-0.1, -0.05) is 36.4 Å². The Morgan fingerprint density at radius 1 is 1.08 bits per heavy atom. The summed E-state index contributed by atoms with van der Waals surface area (Å²) < 4.78 is 5.83. The molecule has 2 aromatic carbocycles. The summed E-state index contributed by atoms with van der Waals surface area (Å²) >= 11 is 0. The van der Waals surface area contributed by atoms with Crippen LogP contribution < -0.4 is 15.6 Å². The monoisotopic (exact) mass is 336 g/mol. The van der Waals surface area contributed by atoms with Crippen LogP contribution in [-0.4, -0.2) is 24.0 Å². The molecule has 0 bridgehead atoms. The number of fused-ring (bicyclic) bond motifs is 1. The number of rotatable bonds is 6. The van der Waals surface area contributed by atoms with Gasteiger partial charge in [0.05, 0.1) is 6.61 Å². The average Bonchev–Trinajstić information content (AvgIpc) is 2.61. The lowest BCUT2D eigenvalue weighted by molar-refractivity contribution is 0.0950. The van der Waals surface area contributed by atoms with Crippen LogP contribution in [0.5, 0.6) is 5.75 Å². The van der Waals surface area contributed by atoms with E-state index in [0.29, 0.717) is 19.6 Å². The minimum absolute atomic E-state index is 0.126. The highest BCUT2D eigenvalue weighted by Crippen LogP contribution is 2.25. The average molecular weight is 336 g/mol. The number of amides is 1. The van der Waals surface area contributed by atoms with Crippen LogP contribution in [0.4, 0.5) is 0 Å². The van der Waals surface area contributed by atoms with Crippen LogP contribution in [-0.2, 0) is 0 Å². The quantitative estimate of drug-likeness (QED) is 0.680. The number of aromatic nitrogens is 1. The molecule has 0 aliphatic rings. The third kappa shape index (κ3) is 4.07. The Hall–Kier alpha value is -3.08. The van der Waals surface area contributed by atoms with Crippen molar-refractivity contribution in [3.8, 4) is 5.75 Å². The molecule has 128 valence electrons. The third-order valence-corrected chi connectivity index (χ3v) is 3.91. The minimum Gasteiger partial charge on any atom is -0.493 e. The lowest BCUT2D eigenvalue weighted by Crippen LogP contribution is -2.31. The number of H-pyrrole nitrogens is 1. The summed E-state index contributed by atoms with van der Waals surface area (Å²) in [5.74, 6) is 0.464. The van der Waals surface area contributed by atoms with Gasteiger partial charge >= 0.3 is 0 Å². The molecule has 1 amide bonds. The van der Waals surface area contributed by atoms with E-state index >= 15 is 0 Å². The summed E-state index contributed by atoms with van der Waals surface area (Å²) in [5, 5.41) is 4.94. The summed E-state index contributed by atoms with van der Waals surface area (Å²) in [6.45, 7) is 2.70. The Labute approximate surface area is 145 Å². The molecule has 0 saturated heterocycles. The van der Waals surface area contributed by atoms with Gasteiger partial charge in [0.15, 0.2) is 0 Å². The largest absolute Gasteiger partial charge is 0.493 e. The standard InChI is InChI=1S/C20H20N2O3/c1-14-10-11-17(20(24)22-14)19(23)21-12-5-13-25-18-9-4-7-15-6-2-3-8-16(15)18/h2-4,6-11H,5,12-13H2,1H3,(H,21,23)(H,22,24). The van der Waals surface area contributed by atoms with Crippen LogP contribution >= 0.6 is 0 Å². The highest BCUT2D eigenvalue weighted by Gasteiger charge is 2.09. The summed E-state index contributed by atoms with van der Waals surface area (Å²) in [6.07, 6.45) is 0.652. The number of hydrogen-bond acceptors (Lipinski definition) is 3. The maximum atomic E-state index is 12.0. The molecule has 0 aliphatic heterocycles. The molecule has 1 aromatic heterocycles. The second kappa shape index (κ2) is 7.66. The van der Waals surface area contributed by atoms with Crippen LogP contribution in [0.2, 0.25) is 0 Å². The first kappa shape index (κ1) is 16.8. The van der Waals surface area contributed by atoms with Crippen LogP contribution in [0.3, 0.4) is 0 Å². The molecule has 0 spiro atoms. The van der Waals surface area contributed by atoms with Crippen molar-refractivity contribution in [3.05, 3.63) is 76.2 Å². The zero-order valence-electron chi connectivity index (χ0n) is 14.0. The van der Waals surface area contributed by atoms with Crippen molar-refractivity contribution in [2.75, 3.05) is 13.2 Å².